The zero-order valence-electron chi connectivity index (χ0n) is 15.7. The first kappa shape index (κ1) is 17.0. The summed E-state index contributed by atoms with van der Waals surface area (Å²) in [6.45, 7) is 7.53. The van der Waals surface area contributed by atoms with Crippen molar-refractivity contribution >= 4 is 11.0 Å². The van der Waals surface area contributed by atoms with Crippen LogP contribution >= 0.6 is 0 Å². The van der Waals surface area contributed by atoms with Gasteiger partial charge in [0, 0.05) is 38.7 Å². The van der Waals surface area contributed by atoms with Gasteiger partial charge in [0.1, 0.15) is 11.6 Å². The van der Waals surface area contributed by atoms with Crippen molar-refractivity contribution in [2.75, 3.05) is 13.1 Å². The second-order valence-corrected chi connectivity index (χ2v) is 6.99. The Balaban J connectivity index is 1.60. The molecule has 0 unspecified atom stereocenters. The van der Waals surface area contributed by atoms with Gasteiger partial charge in [-0.05, 0) is 32.4 Å². The Labute approximate surface area is 153 Å². The van der Waals surface area contributed by atoms with Gasteiger partial charge in [-0.3, -0.25) is 14.3 Å². The minimum atomic E-state index is 0.107. The molecule has 3 heterocycles. The molecule has 0 bridgehead atoms. The Morgan fingerprint density at radius 3 is 2.69 bits per heavy atom. The molecule has 4 rings (SSSR count). The molecular weight excluding hydrogens is 326 g/mol. The van der Waals surface area contributed by atoms with E-state index in [1.165, 1.54) is 5.52 Å². The van der Waals surface area contributed by atoms with E-state index in [1.54, 1.807) is 11.6 Å². The molecule has 0 aliphatic carbocycles. The molecule has 6 heteroatoms. The predicted octanol–water partition coefficient (Wildman–Crippen LogP) is 2.06. The Bertz CT molecular complexity index is 1020. The first-order valence-corrected chi connectivity index (χ1v) is 9.30. The van der Waals surface area contributed by atoms with Crippen molar-refractivity contribution in [1.82, 2.24) is 24.0 Å². The van der Waals surface area contributed by atoms with Gasteiger partial charge in [-0.15, -0.1) is 0 Å². The average molecular weight is 351 g/mol. The number of aryl methyl sites for hydroxylation is 2. The van der Waals surface area contributed by atoms with Gasteiger partial charge >= 0.3 is 0 Å². The van der Waals surface area contributed by atoms with E-state index in [0.717, 1.165) is 67.4 Å². The molecule has 0 fully saturated rings. The maximum atomic E-state index is 12.6. The van der Waals surface area contributed by atoms with Crippen molar-refractivity contribution in [3.8, 4) is 0 Å². The van der Waals surface area contributed by atoms with Gasteiger partial charge in [0.15, 0.2) is 0 Å². The van der Waals surface area contributed by atoms with E-state index in [0.29, 0.717) is 0 Å². The fourth-order valence-electron chi connectivity index (χ4n) is 3.87. The lowest BCUT2D eigenvalue weighted by Crippen LogP contribution is -2.28. The van der Waals surface area contributed by atoms with E-state index >= 15 is 0 Å². The number of para-hydroxylation sites is 2. The molecule has 0 saturated heterocycles. The van der Waals surface area contributed by atoms with Crippen LogP contribution < -0.4 is 5.56 Å². The highest BCUT2D eigenvalue weighted by molar-refractivity contribution is 5.75. The second kappa shape index (κ2) is 6.68. The molecule has 0 amide bonds. The van der Waals surface area contributed by atoms with Crippen molar-refractivity contribution < 1.29 is 0 Å². The van der Waals surface area contributed by atoms with Crippen molar-refractivity contribution in [2.24, 2.45) is 7.05 Å². The van der Waals surface area contributed by atoms with Crippen LogP contribution in [0.4, 0.5) is 0 Å². The van der Waals surface area contributed by atoms with Gasteiger partial charge in [0.25, 0.3) is 5.56 Å². The molecule has 0 N–H and O–H groups in total. The maximum Gasteiger partial charge on any atom is 0.256 e. The number of hydrogen-bond acceptors (Lipinski definition) is 4. The molecule has 0 atom stereocenters. The number of rotatable bonds is 3. The van der Waals surface area contributed by atoms with Crippen molar-refractivity contribution in [3.05, 3.63) is 57.5 Å². The van der Waals surface area contributed by atoms with Crippen LogP contribution in [-0.4, -0.2) is 37.1 Å². The van der Waals surface area contributed by atoms with Crippen molar-refractivity contribution in [2.45, 2.75) is 39.8 Å². The van der Waals surface area contributed by atoms with E-state index < -0.39 is 0 Å². The summed E-state index contributed by atoms with van der Waals surface area (Å²) in [7, 11) is 1.80. The van der Waals surface area contributed by atoms with Crippen LogP contribution in [0, 0.1) is 6.92 Å². The zero-order valence-corrected chi connectivity index (χ0v) is 15.7. The van der Waals surface area contributed by atoms with Crippen LogP contribution in [0.1, 0.15) is 29.8 Å². The highest BCUT2D eigenvalue weighted by Crippen LogP contribution is 2.19. The molecule has 0 saturated carbocycles. The van der Waals surface area contributed by atoms with E-state index in [-0.39, 0.29) is 5.56 Å². The fraction of sp³-hybridized carbons (Fsp3) is 0.450. The fourth-order valence-corrected chi connectivity index (χ4v) is 3.87. The maximum absolute atomic E-state index is 12.6. The van der Waals surface area contributed by atoms with Crippen molar-refractivity contribution in [3.63, 3.8) is 0 Å². The third kappa shape index (κ3) is 2.84. The molecule has 136 valence electrons. The van der Waals surface area contributed by atoms with E-state index in [9.17, 15) is 4.79 Å². The van der Waals surface area contributed by atoms with Crippen LogP contribution in [0.15, 0.2) is 29.1 Å². The lowest BCUT2D eigenvalue weighted by molar-refractivity contribution is 0.268. The topological polar surface area (TPSA) is 56.0 Å². The van der Waals surface area contributed by atoms with Gasteiger partial charge in [0.05, 0.1) is 23.3 Å². The molecule has 1 aliphatic heterocycles. The highest BCUT2D eigenvalue weighted by Gasteiger charge is 2.21. The summed E-state index contributed by atoms with van der Waals surface area (Å²) in [6, 6.07) is 8.29. The van der Waals surface area contributed by atoms with Crippen LogP contribution in [0.3, 0.4) is 0 Å². The van der Waals surface area contributed by atoms with Gasteiger partial charge in [-0.2, -0.15) is 0 Å². The standard InChI is InChI=1S/C20H25N5O/c1-4-25-18-8-6-5-7-17(18)22-19(25)13-24-11-9-15-16(10-12-24)21-14(2)23(3)20(15)26/h5-8H,4,9-13H2,1-3H3. The van der Waals surface area contributed by atoms with Crippen LogP contribution in [-0.2, 0) is 33.0 Å². The summed E-state index contributed by atoms with van der Waals surface area (Å²) >= 11 is 0. The van der Waals surface area contributed by atoms with Gasteiger partial charge in [0.2, 0.25) is 0 Å². The van der Waals surface area contributed by atoms with E-state index in [2.05, 4.69) is 39.6 Å². The molecule has 2 aromatic heterocycles. The average Bonchev–Trinajstić information content (AvgIpc) is 2.87. The largest absolute Gasteiger partial charge is 0.327 e. The summed E-state index contributed by atoms with van der Waals surface area (Å²) in [5.41, 5.74) is 4.19. The number of benzene rings is 1. The zero-order chi connectivity index (χ0) is 18.3. The minimum Gasteiger partial charge on any atom is -0.327 e. The lowest BCUT2D eigenvalue weighted by atomic mass is 10.1. The summed E-state index contributed by atoms with van der Waals surface area (Å²) in [5.74, 6) is 1.88. The molecule has 0 spiro atoms. The predicted molar refractivity (Wildman–Crippen MR) is 102 cm³/mol. The van der Waals surface area contributed by atoms with Crippen LogP contribution in [0.5, 0.6) is 0 Å². The number of fused-ring (bicyclic) bond motifs is 2. The smallest absolute Gasteiger partial charge is 0.256 e. The third-order valence-electron chi connectivity index (χ3n) is 5.45. The molecule has 3 aromatic rings. The quantitative estimate of drug-likeness (QED) is 0.725. The van der Waals surface area contributed by atoms with Crippen molar-refractivity contribution in [1.29, 1.82) is 0 Å². The van der Waals surface area contributed by atoms with Gasteiger partial charge in [-0.25, -0.2) is 9.97 Å². The number of hydrogen-bond donors (Lipinski definition) is 0. The third-order valence-corrected chi connectivity index (χ3v) is 5.45. The Hall–Kier alpha value is -2.47. The first-order chi connectivity index (χ1) is 12.6. The number of nitrogens with zero attached hydrogens (tertiary/aromatic N) is 5. The molecule has 1 aliphatic rings. The molecule has 26 heavy (non-hydrogen) atoms. The normalized spacial score (nSPS) is 15.2. The summed E-state index contributed by atoms with van der Waals surface area (Å²) in [4.78, 5) is 24.5. The summed E-state index contributed by atoms with van der Waals surface area (Å²) in [6.07, 6.45) is 1.57. The van der Waals surface area contributed by atoms with Crippen LogP contribution in [0.25, 0.3) is 11.0 Å². The number of aromatic nitrogens is 4. The Morgan fingerprint density at radius 1 is 1.12 bits per heavy atom. The first-order valence-electron chi connectivity index (χ1n) is 9.30. The van der Waals surface area contributed by atoms with E-state index in [1.807, 2.05) is 13.0 Å². The lowest BCUT2D eigenvalue weighted by Gasteiger charge is -2.19. The summed E-state index contributed by atoms with van der Waals surface area (Å²) in [5, 5.41) is 0. The van der Waals surface area contributed by atoms with Crippen LogP contribution in [0.2, 0.25) is 0 Å². The second-order valence-electron chi connectivity index (χ2n) is 6.99. The minimum absolute atomic E-state index is 0.107. The number of imidazole rings is 1. The van der Waals surface area contributed by atoms with E-state index in [4.69, 9.17) is 4.98 Å². The Kier molecular flexibility index (Phi) is 4.36. The molecule has 6 nitrogen and oxygen atoms in total. The Morgan fingerprint density at radius 2 is 1.88 bits per heavy atom. The highest BCUT2D eigenvalue weighted by atomic mass is 16.1. The summed E-state index contributed by atoms with van der Waals surface area (Å²) < 4.78 is 3.94. The van der Waals surface area contributed by atoms with Gasteiger partial charge < -0.3 is 4.57 Å². The molecular formula is C20H25N5O. The molecule has 0 radical (unpaired) electrons. The monoisotopic (exact) mass is 351 g/mol. The molecule has 1 aromatic carbocycles. The van der Waals surface area contributed by atoms with Gasteiger partial charge in [-0.1, -0.05) is 12.1 Å². The SMILES string of the molecule is CCn1c(CN2CCc3nc(C)n(C)c(=O)c3CC2)nc2ccccc21.